The number of allylic oxidation sites excluding steroid dienone is 1. The van der Waals surface area contributed by atoms with Crippen molar-refractivity contribution in [3.05, 3.63) is 70.4 Å². The molecule has 1 atom stereocenters. The molecule has 4 amide bonds. The van der Waals surface area contributed by atoms with Crippen LogP contribution in [0.1, 0.15) is 42.5 Å². The fraction of sp³-hybridized carbons (Fsp3) is 0.379. The zero-order valence-electron chi connectivity index (χ0n) is 23.9. The van der Waals surface area contributed by atoms with Crippen LogP contribution in [0.4, 0.5) is 28.4 Å². The number of nitrogens with zero attached hydrogens (tertiary/aromatic N) is 6. The van der Waals surface area contributed by atoms with Gasteiger partial charge >= 0.3 is 18.2 Å². The van der Waals surface area contributed by atoms with Crippen LogP contribution in [0.25, 0.3) is 0 Å². The molecular formula is C29H29F3N6O4S. The summed E-state index contributed by atoms with van der Waals surface area (Å²) in [5, 5.41) is 19.8. The molecule has 0 aromatic heterocycles. The molecule has 1 fully saturated rings. The highest BCUT2D eigenvalue weighted by Crippen LogP contribution is 2.43. The van der Waals surface area contributed by atoms with Gasteiger partial charge in [0.05, 0.1) is 39.4 Å². The van der Waals surface area contributed by atoms with Crippen LogP contribution < -0.4 is 4.90 Å². The number of nitriles is 2. The van der Waals surface area contributed by atoms with Crippen molar-refractivity contribution in [3.8, 4) is 12.1 Å². The summed E-state index contributed by atoms with van der Waals surface area (Å²) in [6, 6.07) is 7.67. The summed E-state index contributed by atoms with van der Waals surface area (Å²) in [5.41, 5.74) is -1.68. The smallest absolute Gasteiger partial charge is 0.324 e. The number of benzene rings is 2. The van der Waals surface area contributed by atoms with Crippen molar-refractivity contribution >= 4 is 27.6 Å². The molecule has 2 aliphatic rings. The topological polar surface area (TPSA) is 129 Å². The van der Waals surface area contributed by atoms with E-state index in [-0.39, 0.29) is 39.0 Å². The van der Waals surface area contributed by atoms with Gasteiger partial charge in [0.1, 0.15) is 6.04 Å². The number of likely N-dealkylation sites (tertiary alicyclic amines) is 1. The number of hydrogen-bond donors (Lipinski definition) is 0. The maximum atomic E-state index is 14.3. The van der Waals surface area contributed by atoms with E-state index in [1.807, 2.05) is 19.2 Å². The summed E-state index contributed by atoms with van der Waals surface area (Å²) < 4.78 is 66.6. The van der Waals surface area contributed by atoms with Crippen molar-refractivity contribution in [1.82, 2.24) is 14.7 Å². The van der Waals surface area contributed by atoms with E-state index in [4.69, 9.17) is 0 Å². The Morgan fingerprint density at radius 1 is 1.07 bits per heavy atom. The molecule has 2 aromatic carbocycles. The number of imide groups is 1. The minimum atomic E-state index is -4.73. The Morgan fingerprint density at radius 2 is 1.72 bits per heavy atom. The maximum Gasteiger partial charge on any atom is 0.416 e. The van der Waals surface area contributed by atoms with Crippen molar-refractivity contribution in [2.24, 2.45) is 0 Å². The normalized spacial score (nSPS) is 18.8. The van der Waals surface area contributed by atoms with E-state index in [0.29, 0.717) is 25.9 Å². The molecule has 2 heterocycles. The van der Waals surface area contributed by atoms with Gasteiger partial charge < -0.3 is 9.80 Å². The lowest BCUT2D eigenvalue weighted by Gasteiger charge is -2.44. The van der Waals surface area contributed by atoms with Gasteiger partial charge in [0.2, 0.25) is 0 Å². The predicted molar refractivity (Wildman–Crippen MR) is 150 cm³/mol. The molecule has 0 spiro atoms. The van der Waals surface area contributed by atoms with E-state index in [1.165, 1.54) is 37.1 Å². The van der Waals surface area contributed by atoms with Crippen LogP contribution in [0.2, 0.25) is 0 Å². The van der Waals surface area contributed by atoms with E-state index in [0.717, 1.165) is 40.3 Å². The second kappa shape index (κ2) is 11.7. The van der Waals surface area contributed by atoms with E-state index in [2.05, 4.69) is 4.90 Å². The maximum absolute atomic E-state index is 14.3. The first kappa shape index (κ1) is 31.5. The molecule has 0 N–H and O–H groups in total. The van der Waals surface area contributed by atoms with Crippen LogP contribution in [0.15, 0.2) is 58.6 Å². The number of amides is 4. The number of urea groups is 2. The molecule has 0 bridgehead atoms. The largest absolute Gasteiger partial charge is 0.416 e. The van der Waals surface area contributed by atoms with Gasteiger partial charge in [-0.15, -0.1) is 0 Å². The Balaban J connectivity index is 1.97. The second-order valence-corrected chi connectivity index (χ2v) is 12.6. The number of carbonyl (C=O) groups is 2. The van der Waals surface area contributed by atoms with Gasteiger partial charge in [-0.25, -0.2) is 22.9 Å². The van der Waals surface area contributed by atoms with Crippen molar-refractivity contribution in [3.63, 3.8) is 0 Å². The molecule has 1 saturated heterocycles. The number of anilines is 1. The van der Waals surface area contributed by atoms with E-state index >= 15 is 0 Å². The Kier molecular flexibility index (Phi) is 8.58. The third-order valence-electron chi connectivity index (χ3n) is 7.79. The lowest BCUT2D eigenvalue weighted by atomic mass is 9.93. The van der Waals surface area contributed by atoms with Crippen LogP contribution in [0, 0.1) is 22.7 Å². The fourth-order valence-electron chi connectivity index (χ4n) is 5.42. The number of alkyl halides is 3. The van der Waals surface area contributed by atoms with E-state index in [9.17, 15) is 41.7 Å². The third-order valence-corrected chi connectivity index (χ3v) is 8.94. The minimum absolute atomic E-state index is 0.00238. The first-order valence-electron chi connectivity index (χ1n) is 13.2. The fourth-order valence-corrected chi connectivity index (χ4v) is 6.37. The van der Waals surface area contributed by atoms with Gasteiger partial charge in [-0.2, -0.15) is 23.7 Å². The van der Waals surface area contributed by atoms with Crippen LogP contribution in [-0.2, 0) is 16.0 Å². The second-order valence-electron chi connectivity index (χ2n) is 10.6. The Morgan fingerprint density at radius 3 is 2.28 bits per heavy atom. The summed E-state index contributed by atoms with van der Waals surface area (Å²) in [6.07, 6.45) is -2.68. The van der Waals surface area contributed by atoms with Gasteiger partial charge in [-0.1, -0.05) is 12.1 Å². The standard InChI is InChI=1S/C29H29F3N6O4S/c1-18-24(17-34)26(23-9-8-19(16-33)14-25(23)43(4,41)42)38(27(39)36(3)21-10-12-35(2)13-11-21)28(40)37(18)22-7-5-6-20(15-22)29(30,31)32/h5-9,14-15,21,26H,10-13H2,1-4H3/t26-/m1/s1. The SMILES string of the molecule is CC1=C(C#N)[C@@H](c2ccc(C#N)cc2S(C)(=O)=O)N(C(=O)N(C)C2CCN(C)CC2)C(=O)N1c1cccc(C(F)(F)F)c1. The number of rotatable bonds is 4. The molecule has 10 nitrogen and oxygen atoms in total. The predicted octanol–water partition coefficient (Wildman–Crippen LogP) is 4.91. The number of hydrogen-bond acceptors (Lipinski definition) is 7. The number of sulfone groups is 1. The Labute approximate surface area is 247 Å². The molecule has 14 heteroatoms. The van der Waals surface area contributed by atoms with E-state index in [1.54, 1.807) is 0 Å². The lowest BCUT2D eigenvalue weighted by molar-refractivity contribution is -0.137. The summed E-state index contributed by atoms with van der Waals surface area (Å²) in [6.45, 7) is 2.69. The molecule has 0 radical (unpaired) electrons. The molecular weight excluding hydrogens is 585 g/mol. The zero-order chi connectivity index (χ0) is 31.9. The molecule has 43 heavy (non-hydrogen) atoms. The van der Waals surface area contributed by atoms with Crippen LogP contribution >= 0.6 is 0 Å². The van der Waals surface area contributed by atoms with Gasteiger partial charge in [0.15, 0.2) is 9.84 Å². The minimum Gasteiger partial charge on any atom is -0.324 e. The lowest BCUT2D eigenvalue weighted by Crippen LogP contribution is -2.57. The average molecular weight is 615 g/mol. The van der Waals surface area contributed by atoms with Crippen molar-refractivity contribution in [1.29, 1.82) is 10.5 Å². The molecule has 0 unspecified atom stereocenters. The Bertz CT molecular complexity index is 1680. The van der Waals surface area contributed by atoms with E-state index < -0.39 is 39.7 Å². The number of carbonyl (C=O) groups excluding carboxylic acids is 2. The summed E-state index contributed by atoms with van der Waals surface area (Å²) in [5.74, 6) is 0. The van der Waals surface area contributed by atoms with Gasteiger partial charge in [-0.05, 0) is 75.8 Å². The Hall–Kier alpha value is -4.40. The molecule has 2 aliphatic heterocycles. The molecule has 2 aromatic rings. The number of piperidine rings is 1. The summed E-state index contributed by atoms with van der Waals surface area (Å²) in [7, 11) is -0.635. The van der Waals surface area contributed by atoms with Crippen LogP contribution in [0.5, 0.6) is 0 Å². The quantitative estimate of drug-likeness (QED) is 0.479. The molecule has 0 saturated carbocycles. The van der Waals surface area contributed by atoms with Gasteiger partial charge in [0, 0.05) is 25.0 Å². The van der Waals surface area contributed by atoms with Crippen molar-refractivity contribution in [2.75, 3.05) is 38.3 Å². The van der Waals surface area contributed by atoms with Gasteiger partial charge in [-0.3, -0.25) is 4.90 Å². The highest BCUT2D eigenvalue weighted by molar-refractivity contribution is 7.90. The molecule has 4 rings (SSSR count). The zero-order valence-corrected chi connectivity index (χ0v) is 24.7. The monoisotopic (exact) mass is 614 g/mol. The summed E-state index contributed by atoms with van der Waals surface area (Å²) >= 11 is 0. The number of halogens is 3. The van der Waals surface area contributed by atoms with Gasteiger partial charge in [0.25, 0.3) is 0 Å². The first-order valence-corrected chi connectivity index (χ1v) is 15.1. The van der Waals surface area contributed by atoms with Crippen molar-refractivity contribution < 1.29 is 31.2 Å². The molecule has 226 valence electrons. The third kappa shape index (κ3) is 6.07. The first-order chi connectivity index (χ1) is 20.1. The molecule has 0 aliphatic carbocycles. The van der Waals surface area contributed by atoms with Crippen LogP contribution in [-0.4, -0.2) is 74.7 Å². The van der Waals surface area contributed by atoms with Crippen molar-refractivity contribution in [2.45, 2.75) is 42.9 Å². The summed E-state index contributed by atoms with van der Waals surface area (Å²) in [4.78, 5) is 33.1. The highest BCUT2D eigenvalue weighted by atomic mass is 32.2. The highest BCUT2D eigenvalue weighted by Gasteiger charge is 2.47. The van der Waals surface area contributed by atoms with Crippen LogP contribution in [0.3, 0.4) is 0 Å². The average Bonchev–Trinajstić information content (AvgIpc) is 2.95.